The van der Waals surface area contributed by atoms with Gasteiger partial charge in [0.05, 0.1) is 6.67 Å². The van der Waals surface area contributed by atoms with Crippen LogP contribution in [0.5, 0.6) is 0 Å². The highest BCUT2D eigenvalue weighted by atomic mass is 32.1. The highest BCUT2D eigenvalue weighted by Gasteiger charge is 2.11. The van der Waals surface area contributed by atoms with Crippen molar-refractivity contribution >= 4 is 12.2 Å². The quantitative estimate of drug-likeness (QED) is 0.667. The van der Waals surface area contributed by atoms with Crippen molar-refractivity contribution in [1.29, 1.82) is 0 Å². The fourth-order valence-corrected chi connectivity index (χ4v) is 2.70. The number of nitrogens with zero attached hydrogens (tertiary/aromatic N) is 5. The number of benzene rings is 1. The molecule has 2 heterocycles. The number of hydrogen-bond acceptors (Lipinski definition) is 4. The zero-order valence-corrected chi connectivity index (χ0v) is 14.4. The highest BCUT2D eigenvalue weighted by Crippen LogP contribution is 2.16. The van der Waals surface area contributed by atoms with Gasteiger partial charge in [-0.05, 0) is 49.1 Å². The first-order chi connectivity index (χ1) is 11.5. The largest absolute Gasteiger partial charge is 0.303 e. The van der Waals surface area contributed by atoms with Gasteiger partial charge in [-0.1, -0.05) is 12.1 Å². The standard InChI is InChI=1S/C17H18FN5S/c1-21(11-13-3-5-15(18)6-4-13)12-23-17(24)22(2)16(20-23)14-7-9-19-10-8-14/h3-10H,11-12H2,1-2H3. The lowest BCUT2D eigenvalue weighted by atomic mass is 10.2. The average molecular weight is 343 g/mol. The molecule has 0 atom stereocenters. The molecule has 124 valence electrons. The van der Waals surface area contributed by atoms with Crippen LogP contribution in [-0.4, -0.2) is 31.3 Å². The normalized spacial score (nSPS) is 11.2. The van der Waals surface area contributed by atoms with E-state index in [0.717, 1.165) is 17.0 Å². The second-order valence-corrected chi connectivity index (χ2v) is 6.05. The lowest BCUT2D eigenvalue weighted by molar-refractivity contribution is 0.244. The monoisotopic (exact) mass is 343 g/mol. The first-order valence-electron chi connectivity index (χ1n) is 7.52. The van der Waals surface area contributed by atoms with Crippen LogP contribution in [0, 0.1) is 10.6 Å². The molecule has 0 saturated carbocycles. The van der Waals surface area contributed by atoms with Crippen LogP contribution in [0.3, 0.4) is 0 Å². The Morgan fingerprint density at radius 3 is 2.46 bits per heavy atom. The minimum absolute atomic E-state index is 0.227. The summed E-state index contributed by atoms with van der Waals surface area (Å²) in [4.78, 5) is 6.10. The summed E-state index contributed by atoms with van der Waals surface area (Å²) < 4.78 is 17.3. The Bertz CT molecular complexity index is 870. The molecule has 0 spiro atoms. The second-order valence-electron chi connectivity index (χ2n) is 5.68. The van der Waals surface area contributed by atoms with E-state index < -0.39 is 0 Å². The van der Waals surface area contributed by atoms with Crippen molar-refractivity contribution in [3.8, 4) is 11.4 Å². The van der Waals surface area contributed by atoms with Gasteiger partial charge in [0.2, 0.25) is 0 Å². The van der Waals surface area contributed by atoms with Crippen LogP contribution in [0.1, 0.15) is 5.56 Å². The molecule has 1 aromatic carbocycles. The van der Waals surface area contributed by atoms with E-state index in [2.05, 4.69) is 15.0 Å². The summed E-state index contributed by atoms with van der Waals surface area (Å²) in [6.45, 7) is 1.23. The Balaban J connectivity index is 1.78. The summed E-state index contributed by atoms with van der Waals surface area (Å²) in [5, 5.41) is 4.62. The van der Waals surface area contributed by atoms with Gasteiger partial charge < -0.3 is 4.57 Å². The van der Waals surface area contributed by atoms with Gasteiger partial charge in [-0.25, -0.2) is 9.07 Å². The average Bonchev–Trinajstić information content (AvgIpc) is 2.86. The maximum absolute atomic E-state index is 13.0. The van der Waals surface area contributed by atoms with E-state index in [1.165, 1.54) is 12.1 Å². The van der Waals surface area contributed by atoms with Crippen LogP contribution in [-0.2, 0) is 20.3 Å². The van der Waals surface area contributed by atoms with Crippen LogP contribution in [0.4, 0.5) is 4.39 Å². The maximum Gasteiger partial charge on any atom is 0.199 e. The summed E-state index contributed by atoms with van der Waals surface area (Å²) >= 11 is 5.49. The lowest BCUT2D eigenvalue weighted by Gasteiger charge is -2.16. The van der Waals surface area contributed by atoms with Gasteiger partial charge in [-0.3, -0.25) is 9.88 Å². The van der Waals surface area contributed by atoms with Crippen LogP contribution in [0.15, 0.2) is 48.8 Å². The molecule has 0 aliphatic rings. The first kappa shape index (κ1) is 16.5. The van der Waals surface area contributed by atoms with E-state index >= 15 is 0 Å². The fourth-order valence-electron chi connectivity index (χ4n) is 2.51. The van der Waals surface area contributed by atoms with E-state index in [0.29, 0.717) is 18.0 Å². The lowest BCUT2D eigenvalue weighted by Crippen LogP contribution is -2.22. The third-order valence-electron chi connectivity index (χ3n) is 3.72. The Morgan fingerprint density at radius 2 is 1.79 bits per heavy atom. The van der Waals surface area contributed by atoms with Crippen molar-refractivity contribution < 1.29 is 4.39 Å². The van der Waals surface area contributed by atoms with Gasteiger partial charge in [0.25, 0.3) is 0 Å². The van der Waals surface area contributed by atoms with E-state index in [1.54, 1.807) is 29.2 Å². The molecule has 0 aliphatic carbocycles. The second kappa shape index (κ2) is 7.02. The van der Waals surface area contributed by atoms with Crippen molar-refractivity contribution in [1.82, 2.24) is 24.2 Å². The Hall–Kier alpha value is -2.38. The summed E-state index contributed by atoms with van der Waals surface area (Å²) in [5.41, 5.74) is 2.01. The van der Waals surface area contributed by atoms with E-state index in [1.807, 2.05) is 30.8 Å². The van der Waals surface area contributed by atoms with Gasteiger partial charge in [-0.15, -0.1) is 0 Å². The van der Waals surface area contributed by atoms with Crippen LogP contribution in [0.25, 0.3) is 11.4 Å². The van der Waals surface area contributed by atoms with Gasteiger partial charge in [-0.2, -0.15) is 5.10 Å². The Labute approximate surface area is 145 Å². The number of pyridine rings is 1. The molecule has 0 saturated heterocycles. The molecular formula is C17H18FN5S. The third-order valence-corrected chi connectivity index (χ3v) is 4.21. The number of hydrogen-bond donors (Lipinski definition) is 0. The minimum Gasteiger partial charge on any atom is -0.303 e. The maximum atomic E-state index is 13.0. The Morgan fingerprint density at radius 1 is 1.12 bits per heavy atom. The third kappa shape index (κ3) is 3.58. The van der Waals surface area contributed by atoms with Crippen molar-refractivity contribution in [2.24, 2.45) is 7.05 Å². The van der Waals surface area contributed by atoms with Gasteiger partial charge in [0.15, 0.2) is 10.6 Å². The molecule has 0 N–H and O–H groups in total. The number of rotatable bonds is 5. The van der Waals surface area contributed by atoms with E-state index in [4.69, 9.17) is 12.2 Å². The van der Waals surface area contributed by atoms with E-state index in [-0.39, 0.29) is 5.82 Å². The molecule has 3 rings (SSSR count). The van der Waals surface area contributed by atoms with E-state index in [9.17, 15) is 4.39 Å². The molecule has 0 aliphatic heterocycles. The molecule has 0 amide bonds. The molecule has 3 aromatic rings. The summed E-state index contributed by atoms with van der Waals surface area (Å²) in [7, 11) is 3.88. The zero-order valence-electron chi connectivity index (χ0n) is 13.6. The predicted octanol–water partition coefficient (Wildman–Crippen LogP) is 3.24. The van der Waals surface area contributed by atoms with Crippen molar-refractivity contribution in [3.63, 3.8) is 0 Å². The number of aromatic nitrogens is 4. The van der Waals surface area contributed by atoms with Crippen molar-refractivity contribution in [3.05, 3.63) is 64.9 Å². The van der Waals surface area contributed by atoms with Gasteiger partial charge in [0, 0.05) is 31.5 Å². The smallest absolute Gasteiger partial charge is 0.199 e. The van der Waals surface area contributed by atoms with Gasteiger partial charge in [0.1, 0.15) is 5.82 Å². The van der Waals surface area contributed by atoms with Crippen molar-refractivity contribution in [2.75, 3.05) is 7.05 Å². The molecule has 0 unspecified atom stereocenters. The molecule has 5 nitrogen and oxygen atoms in total. The molecule has 0 radical (unpaired) electrons. The molecule has 2 aromatic heterocycles. The molecular weight excluding hydrogens is 325 g/mol. The highest BCUT2D eigenvalue weighted by molar-refractivity contribution is 7.71. The zero-order chi connectivity index (χ0) is 17.1. The minimum atomic E-state index is -0.227. The summed E-state index contributed by atoms with van der Waals surface area (Å²) in [5.74, 6) is 0.577. The summed E-state index contributed by atoms with van der Waals surface area (Å²) in [6, 6.07) is 10.3. The first-order valence-corrected chi connectivity index (χ1v) is 7.92. The van der Waals surface area contributed by atoms with Crippen LogP contribution < -0.4 is 0 Å². The SMILES string of the molecule is CN(Cc1ccc(F)cc1)Cn1nc(-c2ccncc2)n(C)c1=S. The predicted molar refractivity (Wildman–Crippen MR) is 93.1 cm³/mol. The topological polar surface area (TPSA) is 38.9 Å². The molecule has 24 heavy (non-hydrogen) atoms. The van der Waals surface area contributed by atoms with Gasteiger partial charge >= 0.3 is 0 Å². The van der Waals surface area contributed by atoms with Crippen LogP contribution >= 0.6 is 12.2 Å². The Kier molecular flexibility index (Phi) is 4.82. The number of halogens is 1. The molecule has 0 fully saturated rings. The fraction of sp³-hybridized carbons (Fsp3) is 0.235. The summed E-state index contributed by atoms with van der Waals surface area (Å²) in [6.07, 6.45) is 3.47. The van der Waals surface area contributed by atoms with Crippen LogP contribution in [0.2, 0.25) is 0 Å². The molecule has 7 heteroatoms. The van der Waals surface area contributed by atoms with Crippen molar-refractivity contribution in [2.45, 2.75) is 13.2 Å². The molecule has 0 bridgehead atoms.